The predicted octanol–water partition coefficient (Wildman–Crippen LogP) is 14.0. The van der Waals surface area contributed by atoms with Gasteiger partial charge in [-0.1, -0.05) is 119 Å². The molecule has 0 heterocycles. The number of anilines is 3. The summed E-state index contributed by atoms with van der Waals surface area (Å²) < 4.78 is 0. The minimum absolute atomic E-state index is 0.136. The summed E-state index contributed by atoms with van der Waals surface area (Å²) in [5.74, 6) is 3.46. The van der Waals surface area contributed by atoms with Gasteiger partial charge in [-0.3, -0.25) is 0 Å². The first-order chi connectivity index (χ1) is 25.7. The molecule has 0 N–H and O–H groups in total. The molecular formula is C52H51N. The molecule has 6 aliphatic carbocycles. The SMILES string of the molecule is CC1(C)CCC(C)(C)c2cc(N(c3ccc(-c4ccc5c(c4)C4(c6ccccc6-5)C5CC6CC(C5)CC4C6)cc3)c3cccc4ccccc34)ccc21. The van der Waals surface area contributed by atoms with E-state index in [9.17, 15) is 0 Å². The van der Waals surface area contributed by atoms with E-state index in [1.807, 2.05) is 0 Å². The van der Waals surface area contributed by atoms with Crippen LogP contribution in [-0.2, 0) is 16.2 Å². The quantitative estimate of drug-likeness (QED) is 0.178. The second kappa shape index (κ2) is 11.2. The van der Waals surface area contributed by atoms with Gasteiger partial charge in [-0.05, 0) is 166 Å². The summed E-state index contributed by atoms with van der Waals surface area (Å²) in [5, 5.41) is 2.54. The molecule has 0 aromatic heterocycles. The highest BCUT2D eigenvalue weighted by atomic mass is 15.1. The van der Waals surface area contributed by atoms with Crippen LogP contribution in [0.2, 0.25) is 0 Å². The molecule has 6 aromatic carbocycles. The Labute approximate surface area is 316 Å². The van der Waals surface area contributed by atoms with Crippen LogP contribution in [0.5, 0.6) is 0 Å². The van der Waals surface area contributed by atoms with Crippen LogP contribution in [0.3, 0.4) is 0 Å². The highest BCUT2D eigenvalue weighted by molar-refractivity contribution is 5.99. The first-order valence-electron chi connectivity index (χ1n) is 20.5. The summed E-state index contributed by atoms with van der Waals surface area (Å²) in [6, 6.07) is 49.4. The largest absolute Gasteiger partial charge is 0.310 e. The molecule has 0 radical (unpaired) electrons. The van der Waals surface area contributed by atoms with E-state index in [4.69, 9.17) is 0 Å². The maximum Gasteiger partial charge on any atom is 0.0540 e. The third-order valence-electron chi connectivity index (χ3n) is 15.1. The Morgan fingerprint density at radius 3 is 1.87 bits per heavy atom. The van der Waals surface area contributed by atoms with E-state index in [1.165, 1.54) is 106 Å². The second-order valence-electron chi connectivity index (χ2n) is 18.9. The molecule has 1 nitrogen and oxygen atoms in total. The highest BCUT2D eigenvalue weighted by Gasteiger charge is 2.61. The summed E-state index contributed by atoms with van der Waals surface area (Å²) in [4.78, 5) is 2.51. The van der Waals surface area contributed by atoms with E-state index < -0.39 is 0 Å². The number of nitrogens with zero attached hydrogens (tertiary/aromatic N) is 1. The Kier molecular flexibility index (Phi) is 6.74. The maximum atomic E-state index is 2.63. The lowest BCUT2D eigenvalue weighted by atomic mass is 9.43. The zero-order valence-corrected chi connectivity index (χ0v) is 31.8. The third kappa shape index (κ3) is 4.55. The number of fused-ring (bicyclic) bond motifs is 5. The molecule has 4 fully saturated rings. The van der Waals surface area contributed by atoms with Gasteiger partial charge in [0.15, 0.2) is 0 Å². The van der Waals surface area contributed by atoms with Crippen LogP contribution >= 0.6 is 0 Å². The molecule has 0 amide bonds. The van der Waals surface area contributed by atoms with Crippen molar-refractivity contribution in [3.63, 3.8) is 0 Å². The van der Waals surface area contributed by atoms with Gasteiger partial charge in [0.1, 0.15) is 0 Å². The van der Waals surface area contributed by atoms with Crippen molar-refractivity contribution in [1.82, 2.24) is 0 Å². The average Bonchev–Trinajstić information content (AvgIpc) is 3.46. The summed E-state index contributed by atoms with van der Waals surface area (Å²) in [5.41, 5.74) is 16.1. The fourth-order valence-electron chi connectivity index (χ4n) is 12.7. The summed E-state index contributed by atoms with van der Waals surface area (Å²) in [6.07, 6.45) is 9.58. The van der Waals surface area contributed by atoms with E-state index in [-0.39, 0.29) is 16.2 Å². The highest BCUT2D eigenvalue weighted by Crippen LogP contribution is 2.69. The Morgan fingerprint density at radius 2 is 1.09 bits per heavy atom. The third-order valence-corrected chi connectivity index (χ3v) is 15.1. The summed E-state index contributed by atoms with van der Waals surface area (Å²) in [6.45, 7) is 9.71. The standard InChI is InChI=1S/C52H51N/c1-50(2)24-25-51(3,4)48-32-41(21-23-46(48)50)53(49-15-9-11-36-10-5-6-12-42(36)49)40-19-16-35(17-20-40)37-18-22-44-43-13-7-8-14-45(43)52(47(44)31-37)38-27-33-26-34(29-38)30-39(52)28-33/h5-23,31-34,38-39H,24-30H2,1-4H3. The normalized spacial score (nSPS) is 26.7. The molecule has 4 bridgehead atoms. The molecule has 6 aliphatic rings. The van der Waals surface area contributed by atoms with Crippen LogP contribution in [0.25, 0.3) is 33.0 Å². The zero-order valence-electron chi connectivity index (χ0n) is 31.8. The van der Waals surface area contributed by atoms with Gasteiger partial charge in [0.2, 0.25) is 0 Å². The fraction of sp³-hybridized carbons (Fsp3) is 0.346. The van der Waals surface area contributed by atoms with Crippen molar-refractivity contribution in [2.24, 2.45) is 23.7 Å². The lowest BCUT2D eigenvalue weighted by molar-refractivity contribution is -0.0399. The van der Waals surface area contributed by atoms with Crippen molar-refractivity contribution >= 4 is 27.8 Å². The molecule has 0 unspecified atom stereocenters. The van der Waals surface area contributed by atoms with Crippen LogP contribution in [0, 0.1) is 23.7 Å². The molecule has 1 heteroatoms. The molecular weight excluding hydrogens is 639 g/mol. The first-order valence-corrected chi connectivity index (χ1v) is 20.5. The van der Waals surface area contributed by atoms with E-state index in [0.29, 0.717) is 0 Å². The molecule has 264 valence electrons. The number of hydrogen-bond donors (Lipinski definition) is 0. The monoisotopic (exact) mass is 689 g/mol. The molecule has 53 heavy (non-hydrogen) atoms. The Bertz CT molecular complexity index is 2390. The van der Waals surface area contributed by atoms with Gasteiger partial charge in [-0.15, -0.1) is 0 Å². The van der Waals surface area contributed by atoms with Gasteiger partial charge >= 0.3 is 0 Å². The first kappa shape index (κ1) is 31.9. The fourth-order valence-corrected chi connectivity index (χ4v) is 12.7. The van der Waals surface area contributed by atoms with Crippen LogP contribution in [0.1, 0.15) is 94.9 Å². The van der Waals surface area contributed by atoms with Crippen molar-refractivity contribution in [2.75, 3.05) is 4.90 Å². The zero-order chi connectivity index (χ0) is 35.7. The Hall–Kier alpha value is -4.62. The van der Waals surface area contributed by atoms with Gasteiger partial charge < -0.3 is 4.90 Å². The predicted molar refractivity (Wildman–Crippen MR) is 223 cm³/mol. The van der Waals surface area contributed by atoms with Gasteiger partial charge in [-0.2, -0.15) is 0 Å². The van der Waals surface area contributed by atoms with E-state index >= 15 is 0 Å². The number of hydrogen-bond acceptors (Lipinski definition) is 1. The van der Waals surface area contributed by atoms with E-state index in [2.05, 4.69) is 160 Å². The molecule has 0 aliphatic heterocycles. The van der Waals surface area contributed by atoms with E-state index in [0.717, 1.165) is 23.7 Å². The topological polar surface area (TPSA) is 3.24 Å². The van der Waals surface area contributed by atoms with Gasteiger partial charge in [-0.25, -0.2) is 0 Å². The lowest BCUT2D eigenvalue weighted by Crippen LogP contribution is -2.55. The van der Waals surface area contributed by atoms with Crippen molar-refractivity contribution in [2.45, 2.75) is 88.9 Å². The maximum absolute atomic E-state index is 2.63. The van der Waals surface area contributed by atoms with Crippen molar-refractivity contribution in [3.8, 4) is 22.3 Å². The van der Waals surface area contributed by atoms with Gasteiger partial charge in [0.05, 0.1) is 5.69 Å². The number of benzene rings is 6. The smallest absolute Gasteiger partial charge is 0.0540 e. The van der Waals surface area contributed by atoms with Crippen molar-refractivity contribution in [1.29, 1.82) is 0 Å². The lowest BCUT2D eigenvalue weighted by Gasteiger charge is -2.61. The van der Waals surface area contributed by atoms with Crippen LogP contribution in [0.4, 0.5) is 17.1 Å². The van der Waals surface area contributed by atoms with Gasteiger partial charge in [0, 0.05) is 22.2 Å². The van der Waals surface area contributed by atoms with Crippen molar-refractivity contribution < 1.29 is 0 Å². The average molecular weight is 690 g/mol. The summed E-state index contributed by atoms with van der Waals surface area (Å²) in [7, 11) is 0. The Balaban J connectivity index is 1.03. The summed E-state index contributed by atoms with van der Waals surface area (Å²) >= 11 is 0. The van der Waals surface area contributed by atoms with Crippen LogP contribution in [-0.4, -0.2) is 0 Å². The molecule has 0 saturated heterocycles. The second-order valence-corrected chi connectivity index (χ2v) is 18.9. The van der Waals surface area contributed by atoms with Crippen molar-refractivity contribution in [3.05, 3.63) is 150 Å². The Morgan fingerprint density at radius 1 is 0.472 bits per heavy atom. The minimum atomic E-state index is 0.136. The molecule has 0 atom stereocenters. The van der Waals surface area contributed by atoms with Crippen LogP contribution < -0.4 is 4.90 Å². The van der Waals surface area contributed by atoms with Gasteiger partial charge in [0.25, 0.3) is 0 Å². The molecule has 4 saturated carbocycles. The van der Waals surface area contributed by atoms with E-state index in [1.54, 1.807) is 11.1 Å². The van der Waals surface area contributed by atoms with Crippen LogP contribution in [0.15, 0.2) is 127 Å². The molecule has 1 spiro atoms. The minimum Gasteiger partial charge on any atom is -0.310 e. The molecule has 6 aromatic rings. The molecule has 12 rings (SSSR count). The number of rotatable bonds is 4.